The molecule has 4 nitrogen and oxygen atoms in total. The van der Waals surface area contributed by atoms with Gasteiger partial charge in [0.05, 0.1) is 12.1 Å². The lowest BCUT2D eigenvalue weighted by Crippen LogP contribution is -2.13. The van der Waals surface area contributed by atoms with Gasteiger partial charge in [0.1, 0.15) is 0 Å². The minimum Gasteiger partial charge on any atom is -0.305 e. The monoisotopic (exact) mass is 405 g/mol. The lowest BCUT2D eigenvalue weighted by atomic mass is 10.0. The smallest absolute Gasteiger partial charge is 0.258 e. The molecule has 5 heteroatoms. The van der Waals surface area contributed by atoms with Crippen molar-refractivity contribution in [3.63, 3.8) is 0 Å². The van der Waals surface area contributed by atoms with Gasteiger partial charge in [0.25, 0.3) is 5.91 Å². The third-order valence-corrected chi connectivity index (χ3v) is 4.90. The number of carbonyl (C=O) groups excluding carboxylic acids is 1. The molecule has 0 aliphatic carbocycles. The van der Waals surface area contributed by atoms with Gasteiger partial charge >= 0.3 is 0 Å². The summed E-state index contributed by atoms with van der Waals surface area (Å²) in [6.45, 7) is 0.645. The summed E-state index contributed by atoms with van der Waals surface area (Å²) in [7, 11) is 0. The number of amides is 1. The van der Waals surface area contributed by atoms with E-state index in [1.807, 2.05) is 41.2 Å². The van der Waals surface area contributed by atoms with E-state index in [0.29, 0.717) is 17.9 Å². The molecule has 128 valence electrons. The molecular weight excluding hydrogens is 390 g/mol. The van der Waals surface area contributed by atoms with Crippen LogP contribution in [0.15, 0.2) is 83.5 Å². The summed E-state index contributed by atoms with van der Waals surface area (Å²) in [6, 6.07) is 23.7. The molecule has 0 aliphatic heterocycles. The molecule has 26 heavy (non-hydrogen) atoms. The quantitative estimate of drug-likeness (QED) is 0.513. The number of anilines is 1. The van der Waals surface area contributed by atoms with Gasteiger partial charge in [0.2, 0.25) is 0 Å². The van der Waals surface area contributed by atoms with E-state index in [1.165, 1.54) is 16.3 Å². The third-order valence-electron chi connectivity index (χ3n) is 4.21. The van der Waals surface area contributed by atoms with E-state index in [9.17, 15) is 4.79 Å². The van der Waals surface area contributed by atoms with E-state index in [4.69, 9.17) is 0 Å². The van der Waals surface area contributed by atoms with Crippen molar-refractivity contribution < 1.29 is 4.79 Å². The van der Waals surface area contributed by atoms with Crippen molar-refractivity contribution in [2.24, 2.45) is 0 Å². The highest BCUT2D eigenvalue weighted by atomic mass is 79.9. The number of halogens is 1. The first kappa shape index (κ1) is 16.5. The van der Waals surface area contributed by atoms with Gasteiger partial charge in [-0.2, -0.15) is 5.10 Å². The number of nitrogens with one attached hydrogen (secondary N) is 1. The zero-order valence-corrected chi connectivity index (χ0v) is 15.5. The molecule has 3 aromatic carbocycles. The standard InChI is InChI=1S/C21H16BrN3O/c22-19-11-4-3-10-18(19)21(26)23-20-12-13-25(24-20)14-16-8-5-7-15-6-1-2-9-17(15)16/h1-13H,14H2,(H,23,24,26). The first-order valence-electron chi connectivity index (χ1n) is 8.27. The molecule has 1 aromatic heterocycles. The van der Waals surface area contributed by atoms with Crippen LogP contribution in [0.2, 0.25) is 0 Å². The van der Waals surface area contributed by atoms with E-state index in [2.05, 4.69) is 56.7 Å². The van der Waals surface area contributed by atoms with Crippen molar-refractivity contribution in [3.8, 4) is 0 Å². The molecule has 0 fully saturated rings. The summed E-state index contributed by atoms with van der Waals surface area (Å²) in [5, 5.41) is 9.74. The Hall–Kier alpha value is -2.92. The van der Waals surface area contributed by atoms with E-state index in [-0.39, 0.29) is 5.91 Å². The van der Waals surface area contributed by atoms with Crippen LogP contribution in [0.3, 0.4) is 0 Å². The van der Waals surface area contributed by atoms with E-state index in [1.54, 1.807) is 12.1 Å². The summed E-state index contributed by atoms with van der Waals surface area (Å²) < 4.78 is 2.59. The highest BCUT2D eigenvalue weighted by Gasteiger charge is 2.11. The second-order valence-electron chi connectivity index (χ2n) is 5.97. The van der Waals surface area contributed by atoms with Crippen LogP contribution in [0.1, 0.15) is 15.9 Å². The molecule has 0 spiro atoms. The van der Waals surface area contributed by atoms with Crippen LogP contribution < -0.4 is 5.32 Å². The van der Waals surface area contributed by atoms with Gasteiger partial charge in [-0.3, -0.25) is 9.48 Å². The fourth-order valence-electron chi connectivity index (χ4n) is 2.95. The topological polar surface area (TPSA) is 46.9 Å². The van der Waals surface area contributed by atoms with Gasteiger partial charge in [-0.15, -0.1) is 0 Å². The number of aromatic nitrogens is 2. The SMILES string of the molecule is O=C(Nc1ccn(Cc2cccc3ccccc23)n1)c1ccccc1Br. The summed E-state index contributed by atoms with van der Waals surface area (Å²) in [4.78, 5) is 12.4. The number of fused-ring (bicyclic) bond motifs is 1. The Balaban J connectivity index is 1.53. The van der Waals surface area contributed by atoms with Gasteiger partial charge in [-0.25, -0.2) is 0 Å². The maximum atomic E-state index is 12.4. The number of hydrogen-bond donors (Lipinski definition) is 1. The lowest BCUT2D eigenvalue weighted by Gasteiger charge is -2.07. The minimum absolute atomic E-state index is 0.187. The lowest BCUT2D eigenvalue weighted by molar-refractivity contribution is 0.102. The van der Waals surface area contributed by atoms with Crippen molar-refractivity contribution in [3.05, 3.63) is 94.6 Å². The van der Waals surface area contributed by atoms with Crippen LogP contribution in [0.4, 0.5) is 5.82 Å². The van der Waals surface area contributed by atoms with Crippen LogP contribution in [0.5, 0.6) is 0 Å². The highest BCUT2D eigenvalue weighted by Crippen LogP contribution is 2.20. The molecule has 1 N–H and O–H groups in total. The van der Waals surface area contributed by atoms with Gasteiger partial charge in [0.15, 0.2) is 5.82 Å². The van der Waals surface area contributed by atoms with Crippen molar-refractivity contribution in [1.29, 1.82) is 0 Å². The van der Waals surface area contributed by atoms with Crippen LogP contribution in [-0.2, 0) is 6.54 Å². The number of carbonyl (C=O) groups is 1. The van der Waals surface area contributed by atoms with Crippen LogP contribution >= 0.6 is 15.9 Å². The summed E-state index contributed by atoms with van der Waals surface area (Å²) in [6.07, 6.45) is 1.87. The molecule has 0 radical (unpaired) electrons. The normalized spacial score (nSPS) is 10.8. The Kier molecular flexibility index (Phi) is 4.54. The molecule has 1 amide bonds. The molecule has 0 bridgehead atoms. The average molecular weight is 406 g/mol. The largest absolute Gasteiger partial charge is 0.305 e. The average Bonchev–Trinajstić information content (AvgIpc) is 3.09. The maximum Gasteiger partial charge on any atom is 0.258 e. The van der Waals surface area contributed by atoms with E-state index in [0.717, 1.165) is 4.47 Å². The third kappa shape index (κ3) is 3.39. The number of nitrogens with zero attached hydrogens (tertiary/aromatic N) is 2. The Morgan fingerprint density at radius 2 is 1.73 bits per heavy atom. The molecule has 0 saturated heterocycles. The Labute approximate surface area is 159 Å². The van der Waals surface area contributed by atoms with Crippen molar-refractivity contribution in [2.75, 3.05) is 5.32 Å². The second-order valence-corrected chi connectivity index (χ2v) is 6.83. The molecule has 4 aromatic rings. The number of rotatable bonds is 4. The molecule has 0 aliphatic rings. The molecule has 1 heterocycles. The molecule has 0 atom stereocenters. The van der Waals surface area contributed by atoms with E-state index < -0.39 is 0 Å². The summed E-state index contributed by atoms with van der Waals surface area (Å²) in [5.74, 6) is 0.346. The summed E-state index contributed by atoms with van der Waals surface area (Å²) in [5.41, 5.74) is 1.77. The zero-order valence-electron chi connectivity index (χ0n) is 13.9. The fourth-order valence-corrected chi connectivity index (χ4v) is 3.42. The van der Waals surface area contributed by atoms with E-state index >= 15 is 0 Å². The molecule has 0 saturated carbocycles. The highest BCUT2D eigenvalue weighted by molar-refractivity contribution is 9.10. The predicted octanol–water partition coefficient (Wildman–Crippen LogP) is 5.10. The molecule has 0 unspecified atom stereocenters. The second kappa shape index (κ2) is 7.14. The molecule has 4 rings (SSSR count). The first-order chi connectivity index (χ1) is 12.7. The maximum absolute atomic E-state index is 12.4. The predicted molar refractivity (Wildman–Crippen MR) is 107 cm³/mol. The first-order valence-corrected chi connectivity index (χ1v) is 9.06. The van der Waals surface area contributed by atoms with Gasteiger partial charge in [-0.1, -0.05) is 54.6 Å². The Bertz CT molecular complexity index is 1080. The number of benzene rings is 3. The van der Waals surface area contributed by atoms with Crippen LogP contribution in [-0.4, -0.2) is 15.7 Å². The fraction of sp³-hybridized carbons (Fsp3) is 0.0476. The summed E-state index contributed by atoms with van der Waals surface area (Å²) >= 11 is 3.40. The van der Waals surface area contributed by atoms with Crippen molar-refractivity contribution >= 4 is 38.4 Å². The molecular formula is C21H16BrN3O. The number of hydrogen-bond acceptors (Lipinski definition) is 2. The zero-order chi connectivity index (χ0) is 17.9. The van der Waals surface area contributed by atoms with Gasteiger partial charge in [-0.05, 0) is 44.4 Å². The Morgan fingerprint density at radius 3 is 2.62 bits per heavy atom. The van der Waals surface area contributed by atoms with Crippen LogP contribution in [0.25, 0.3) is 10.8 Å². The van der Waals surface area contributed by atoms with Gasteiger partial charge in [0, 0.05) is 16.7 Å². The van der Waals surface area contributed by atoms with Crippen LogP contribution in [0, 0.1) is 0 Å². The van der Waals surface area contributed by atoms with Gasteiger partial charge < -0.3 is 5.32 Å². The van der Waals surface area contributed by atoms with Crippen molar-refractivity contribution in [2.45, 2.75) is 6.54 Å². The van der Waals surface area contributed by atoms with Crippen molar-refractivity contribution in [1.82, 2.24) is 9.78 Å². The minimum atomic E-state index is -0.187. The Morgan fingerprint density at radius 1 is 0.962 bits per heavy atom.